The second kappa shape index (κ2) is 7.49. The van der Waals surface area contributed by atoms with Crippen LogP contribution in [0.25, 0.3) is 0 Å². The van der Waals surface area contributed by atoms with Crippen LogP contribution >= 0.6 is 0 Å². The number of carbonyl (C=O) groups excluding carboxylic acids is 1. The summed E-state index contributed by atoms with van der Waals surface area (Å²) in [5.74, 6) is 0.867. The normalized spacial score (nSPS) is 11.6. The van der Waals surface area contributed by atoms with Crippen LogP contribution in [0.4, 0.5) is 0 Å². The number of H-pyrrole nitrogens is 1. The van der Waals surface area contributed by atoms with E-state index in [1.165, 1.54) is 19.4 Å². The molecule has 0 aliphatic carbocycles. The number of rotatable bonds is 6. The quantitative estimate of drug-likeness (QED) is 0.798. The van der Waals surface area contributed by atoms with Gasteiger partial charge in [-0.15, -0.1) is 0 Å². The highest BCUT2D eigenvalue weighted by molar-refractivity contribution is 5.76. The van der Waals surface area contributed by atoms with Crippen LogP contribution in [0.5, 0.6) is 11.5 Å². The van der Waals surface area contributed by atoms with Gasteiger partial charge in [-0.2, -0.15) is 0 Å². The maximum absolute atomic E-state index is 12.1. The van der Waals surface area contributed by atoms with Gasteiger partial charge in [-0.1, -0.05) is 0 Å². The molecular weight excluding hydrogens is 314 g/mol. The summed E-state index contributed by atoms with van der Waals surface area (Å²) >= 11 is 0. The van der Waals surface area contributed by atoms with Gasteiger partial charge in [0.2, 0.25) is 5.91 Å². The van der Waals surface area contributed by atoms with Crippen LogP contribution in [0.2, 0.25) is 0 Å². The van der Waals surface area contributed by atoms with E-state index in [0.29, 0.717) is 11.5 Å². The molecule has 0 aliphatic heterocycles. The number of ether oxygens (including phenoxy) is 2. The molecule has 0 fully saturated rings. The third kappa shape index (κ3) is 4.03. The molecule has 0 saturated carbocycles. The third-order valence-electron chi connectivity index (χ3n) is 3.50. The van der Waals surface area contributed by atoms with Crippen molar-refractivity contribution in [2.45, 2.75) is 19.5 Å². The van der Waals surface area contributed by atoms with Crippen molar-refractivity contribution < 1.29 is 14.3 Å². The first kappa shape index (κ1) is 17.3. The number of hydrogen-bond donors (Lipinski definition) is 2. The van der Waals surface area contributed by atoms with Crippen LogP contribution in [-0.4, -0.2) is 29.7 Å². The molecule has 1 amide bonds. The predicted octanol–water partition coefficient (Wildman–Crippen LogP) is 0.431. The lowest BCUT2D eigenvalue weighted by Gasteiger charge is -2.18. The SMILES string of the molecule is COc1ccc([C@H](C)NC(=O)Cn2ccc(=O)[nH]c2=O)c(OC)c1. The zero-order valence-electron chi connectivity index (χ0n) is 13.7. The fraction of sp³-hybridized carbons (Fsp3) is 0.312. The Labute approximate surface area is 138 Å². The first-order valence-electron chi connectivity index (χ1n) is 7.25. The van der Waals surface area contributed by atoms with Crippen molar-refractivity contribution in [2.75, 3.05) is 14.2 Å². The van der Waals surface area contributed by atoms with Gasteiger partial charge in [0.25, 0.3) is 5.56 Å². The molecule has 0 saturated heterocycles. The molecule has 0 radical (unpaired) electrons. The number of amides is 1. The molecule has 0 spiro atoms. The summed E-state index contributed by atoms with van der Waals surface area (Å²) in [6.07, 6.45) is 1.28. The minimum atomic E-state index is -0.632. The summed E-state index contributed by atoms with van der Waals surface area (Å²) in [6.45, 7) is 1.61. The van der Waals surface area contributed by atoms with E-state index < -0.39 is 11.2 Å². The fourth-order valence-corrected chi connectivity index (χ4v) is 2.26. The molecule has 1 aromatic heterocycles. The highest BCUT2D eigenvalue weighted by Crippen LogP contribution is 2.29. The monoisotopic (exact) mass is 333 g/mol. The van der Waals surface area contributed by atoms with E-state index in [1.807, 2.05) is 0 Å². The van der Waals surface area contributed by atoms with Gasteiger partial charge in [0, 0.05) is 23.9 Å². The summed E-state index contributed by atoms with van der Waals surface area (Å²) in [6, 6.07) is 6.15. The van der Waals surface area contributed by atoms with Crippen molar-refractivity contribution in [1.82, 2.24) is 14.9 Å². The van der Waals surface area contributed by atoms with Gasteiger partial charge in [0.05, 0.1) is 20.3 Å². The highest BCUT2D eigenvalue weighted by atomic mass is 16.5. The van der Waals surface area contributed by atoms with E-state index in [4.69, 9.17) is 9.47 Å². The number of methoxy groups -OCH3 is 2. The first-order valence-corrected chi connectivity index (χ1v) is 7.25. The van der Waals surface area contributed by atoms with E-state index in [1.54, 1.807) is 32.2 Å². The topological polar surface area (TPSA) is 102 Å². The van der Waals surface area contributed by atoms with Crippen molar-refractivity contribution in [1.29, 1.82) is 0 Å². The average molecular weight is 333 g/mol. The van der Waals surface area contributed by atoms with Crippen molar-refractivity contribution in [2.24, 2.45) is 0 Å². The Morgan fingerprint density at radius 1 is 1.25 bits per heavy atom. The van der Waals surface area contributed by atoms with Gasteiger partial charge >= 0.3 is 5.69 Å². The Morgan fingerprint density at radius 2 is 2.00 bits per heavy atom. The van der Waals surface area contributed by atoms with Crippen molar-refractivity contribution in [3.8, 4) is 11.5 Å². The summed E-state index contributed by atoms with van der Waals surface area (Å²) < 4.78 is 11.6. The lowest BCUT2D eigenvalue weighted by Crippen LogP contribution is -2.36. The molecule has 24 heavy (non-hydrogen) atoms. The molecule has 8 heteroatoms. The van der Waals surface area contributed by atoms with Crippen LogP contribution in [0.15, 0.2) is 40.1 Å². The van der Waals surface area contributed by atoms with Gasteiger partial charge in [-0.25, -0.2) is 4.79 Å². The molecule has 1 aromatic carbocycles. The van der Waals surface area contributed by atoms with Crippen LogP contribution in [-0.2, 0) is 11.3 Å². The van der Waals surface area contributed by atoms with E-state index in [2.05, 4.69) is 10.3 Å². The zero-order chi connectivity index (χ0) is 17.7. The standard InChI is InChI=1S/C16H19N3O5/c1-10(12-5-4-11(23-2)8-13(12)24-3)17-15(21)9-19-7-6-14(20)18-16(19)22/h4-8,10H,9H2,1-3H3,(H,17,21)(H,18,20,22)/t10-/m0/s1. The average Bonchev–Trinajstić information content (AvgIpc) is 2.56. The molecule has 0 unspecified atom stereocenters. The van der Waals surface area contributed by atoms with E-state index in [0.717, 1.165) is 10.1 Å². The Morgan fingerprint density at radius 3 is 2.62 bits per heavy atom. The minimum absolute atomic E-state index is 0.196. The minimum Gasteiger partial charge on any atom is -0.497 e. The number of benzene rings is 1. The maximum Gasteiger partial charge on any atom is 0.328 e. The first-order chi connectivity index (χ1) is 11.4. The lowest BCUT2D eigenvalue weighted by atomic mass is 10.1. The molecule has 128 valence electrons. The number of nitrogens with one attached hydrogen (secondary N) is 2. The third-order valence-corrected chi connectivity index (χ3v) is 3.50. The van der Waals surface area contributed by atoms with Gasteiger partial charge in [0.15, 0.2) is 0 Å². The predicted molar refractivity (Wildman–Crippen MR) is 87.4 cm³/mol. The van der Waals surface area contributed by atoms with E-state index in [-0.39, 0.29) is 18.5 Å². The van der Waals surface area contributed by atoms with Crippen LogP contribution in [0.3, 0.4) is 0 Å². The number of aromatic nitrogens is 2. The Hall–Kier alpha value is -3.03. The second-order valence-corrected chi connectivity index (χ2v) is 5.14. The van der Waals surface area contributed by atoms with Crippen molar-refractivity contribution in [3.05, 3.63) is 56.9 Å². The second-order valence-electron chi connectivity index (χ2n) is 5.14. The number of nitrogens with zero attached hydrogens (tertiary/aromatic N) is 1. The van der Waals surface area contributed by atoms with Gasteiger partial charge in [0.1, 0.15) is 18.0 Å². The van der Waals surface area contributed by atoms with E-state index >= 15 is 0 Å². The summed E-state index contributed by atoms with van der Waals surface area (Å²) in [5, 5.41) is 2.79. The Balaban J connectivity index is 2.11. The van der Waals surface area contributed by atoms with Crippen molar-refractivity contribution in [3.63, 3.8) is 0 Å². The molecule has 1 atom stereocenters. The maximum atomic E-state index is 12.1. The summed E-state index contributed by atoms with van der Waals surface area (Å²) in [7, 11) is 3.09. The van der Waals surface area contributed by atoms with Crippen LogP contribution < -0.4 is 26.0 Å². The van der Waals surface area contributed by atoms with Gasteiger partial charge in [-0.3, -0.25) is 19.1 Å². The lowest BCUT2D eigenvalue weighted by molar-refractivity contribution is -0.122. The van der Waals surface area contributed by atoms with Gasteiger partial charge < -0.3 is 14.8 Å². The Bertz CT molecular complexity index is 840. The number of aromatic amines is 1. The van der Waals surface area contributed by atoms with Crippen LogP contribution in [0.1, 0.15) is 18.5 Å². The summed E-state index contributed by atoms with van der Waals surface area (Å²) in [4.78, 5) is 36.8. The molecule has 0 aliphatic rings. The van der Waals surface area contributed by atoms with E-state index in [9.17, 15) is 14.4 Å². The zero-order valence-corrected chi connectivity index (χ0v) is 13.7. The number of hydrogen-bond acceptors (Lipinski definition) is 5. The van der Waals surface area contributed by atoms with Crippen LogP contribution in [0, 0.1) is 0 Å². The molecule has 0 bridgehead atoms. The fourth-order valence-electron chi connectivity index (χ4n) is 2.26. The molecule has 2 N–H and O–H groups in total. The smallest absolute Gasteiger partial charge is 0.328 e. The number of carbonyl (C=O) groups is 1. The largest absolute Gasteiger partial charge is 0.497 e. The van der Waals surface area contributed by atoms with Gasteiger partial charge in [-0.05, 0) is 19.1 Å². The van der Waals surface area contributed by atoms with Crippen molar-refractivity contribution >= 4 is 5.91 Å². The highest BCUT2D eigenvalue weighted by Gasteiger charge is 2.15. The molecule has 8 nitrogen and oxygen atoms in total. The molecule has 2 rings (SSSR count). The molecule has 2 aromatic rings. The summed E-state index contributed by atoms with van der Waals surface area (Å²) in [5.41, 5.74) is -0.360. The Kier molecular flexibility index (Phi) is 5.41. The molecule has 1 heterocycles. The molecular formula is C16H19N3O5.